The van der Waals surface area contributed by atoms with Crippen molar-refractivity contribution in [3.05, 3.63) is 47.6 Å². The summed E-state index contributed by atoms with van der Waals surface area (Å²) in [5.41, 5.74) is 0. The van der Waals surface area contributed by atoms with E-state index in [4.69, 9.17) is 4.42 Å². The number of carbonyl (C=O) groups excluding carboxylic acids is 2. The van der Waals surface area contributed by atoms with E-state index in [0.29, 0.717) is 22.7 Å². The zero-order valence-electron chi connectivity index (χ0n) is 16.5. The van der Waals surface area contributed by atoms with Crippen LogP contribution in [0.3, 0.4) is 0 Å². The van der Waals surface area contributed by atoms with Gasteiger partial charge in [0.25, 0.3) is 5.91 Å². The molecular formula is C18H21N7O3S2. The summed E-state index contributed by atoms with van der Waals surface area (Å²) < 4.78 is 6.85. The zero-order chi connectivity index (χ0) is 21.5. The fraction of sp³-hybridized carbons (Fsp3) is 0.333. The molecule has 3 aromatic heterocycles. The molecule has 12 heteroatoms. The Bertz CT molecular complexity index is 1010. The molecule has 0 radical (unpaired) electrons. The van der Waals surface area contributed by atoms with E-state index in [1.165, 1.54) is 29.4 Å². The van der Waals surface area contributed by atoms with Gasteiger partial charge < -0.3 is 14.3 Å². The Hall–Kier alpha value is -2.99. The van der Waals surface area contributed by atoms with Crippen molar-refractivity contribution in [2.24, 2.45) is 0 Å². The van der Waals surface area contributed by atoms with E-state index in [-0.39, 0.29) is 35.8 Å². The van der Waals surface area contributed by atoms with Gasteiger partial charge in [-0.2, -0.15) is 0 Å². The van der Waals surface area contributed by atoms with Crippen LogP contribution in [0.1, 0.15) is 41.2 Å². The van der Waals surface area contributed by atoms with Crippen LogP contribution in [0.2, 0.25) is 0 Å². The van der Waals surface area contributed by atoms with Crippen LogP contribution >= 0.6 is 23.1 Å². The number of amides is 2. The van der Waals surface area contributed by atoms with E-state index in [9.17, 15) is 9.59 Å². The van der Waals surface area contributed by atoms with Crippen molar-refractivity contribution in [3.8, 4) is 0 Å². The fourth-order valence-electron chi connectivity index (χ4n) is 2.33. The van der Waals surface area contributed by atoms with E-state index in [1.807, 2.05) is 13.8 Å². The third-order valence-corrected chi connectivity index (χ3v) is 5.88. The minimum atomic E-state index is -0.348. The van der Waals surface area contributed by atoms with Gasteiger partial charge in [0.15, 0.2) is 16.7 Å². The predicted octanol–water partition coefficient (Wildman–Crippen LogP) is 2.69. The molecule has 2 amide bonds. The number of allylic oxidation sites excluding steroid dienone is 1. The van der Waals surface area contributed by atoms with Crippen molar-refractivity contribution >= 4 is 40.0 Å². The van der Waals surface area contributed by atoms with Crippen molar-refractivity contribution < 1.29 is 14.0 Å². The van der Waals surface area contributed by atoms with Gasteiger partial charge in [-0.15, -0.1) is 27.0 Å². The molecule has 3 aromatic rings. The molecule has 0 aromatic carbocycles. The number of furan rings is 1. The number of anilines is 1. The summed E-state index contributed by atoms with van der Waals surface area (Å²) in [4.78, 5) is 24.3. The molecule has 158 valence electrons. The van der Waals surface area contributed by atoms with Crippen LogP contribution in [-0.4, -0.2) is 42.5 Å². The second kappa shape index (κ2) is 10.2. The second-order valence-corrected chi connectivity index (χ2v) is 8.35. The van der Waals surface area contributed by atoms with Crippen molar-refractivity contribution in [2.75, 3.05) is 11.1 Å². The number of nitrogens with one attached hydrogen (secondary N) is 2. The maximum absolute atomic E-state index is 12.2. The molecule has 30 heavy (non-hydrogen) atoms. The van der Waals surface area contributed by atoms with E-state index in [2.05, 4.69) is 37.6 Å². The number of nitrogens with zero attached hydrogens (tertiary/aromatic N) is 5. The van der Waals surface area contributed by atoms with E-state index in [0.717, 1.165) is 5.01 Å². The second-order valence-electron chi connectivity index (χ2n) is 6.40. The van der Waals surface area contributed by atoms with Crippen LogP contribution < -0.4 is 10.6 Å². The molecule has 0 bridgehead atoms. The number of carbonyl (C=O) groups is 2. The normalized spacial score (nSPS) is 10.9. The Morgan fingerprint density at radius 1 is 1.33 bits per heavy atom. The molecule has 3 heterocycles. The summed E-state index contributed by atoms with van der Waals surface area (Å²) in [6.07, 6.45) is 3.13. The molecule has 2 N–H and O–H groups in total. The topological polar surface area (TPSA) is 128 Å². The molecule has 0 saturated carbocycles. The number of hydrogen-bond donors (Lipinski definition) is 2. The molecule has 3 rings (SSSR count). The smallest absolute Gasteiger partial charge is 0.287 e. The molecular weight excluding hydrogens is 426 g/mol. The number of thioether (sulfide) groups is 1. The zero-order valence-corrected chi connectivity index (χ0v) is 18.1. The van der Waals surface area contributed by atoms with E-state index < -0.39 is 0 Å². The van der Waals surface area contributed by atoms with Crippen molar-refractivity contribution in [1.82, 2.24) is 30.3 Å². The minimum Gasteiger partial charge on any atom is -0.459 e. The maximum Gasteiger partial charge on any atom is 0.287 e. The quantitative estimate of drug-likeness (QED) is 0.359. The molecule has 0 atom stereocenters. The Morgan fingerprint density at radius 2 is 2.17 bits per heavy atom. The molecule has 0 aliphatic heterocycles. The highest BCUT2D eigenvalue weighted by Gasteiger charge is 2.16. The first-order valence-corrected chi connectivity index (χ1v) is 10.9. The lowest BCUT2D eigenvalue weighted by Gasteiger charge is -2.08. The highest BCUT2D eigenvalue weighted by Crippen LogP contribution is 2.23. The fourth-order valence-corrected chi connectivity index (χ4v) is 3.86. The lowest BCUT2D eigenvalue weighted by atomic mass is 10.2. The van der Waals surface area contributed by atoms with Crippen LogP contribution in [0.4, 0.5) is 5.13 Å². The average Bonchev–Trinajstić information content (AvgIpc) is 3.46. The van der Waals surface area contributed by atoms with Crippen LogP contribution in [0.5, 0.6) is 0 Å². The lowest BCUT2D eigenvalue weighted by molar-refractivity contribution is -0.113. The summed E-state index contributed by atoms with van der Waals surface area (Å²) in [7, 11) is 0. The Balaban J connectivity index is 1.57. The van der Waals surface area contributed by atoms with Gasteiger partial charge in [0, 0.05) is 12.5 Å². The molecule has 0 spiro atoms. The van der Waals surface area contributed by atoms with Crippen LogP contribution in [0.25, 0.3) is 0 Å². The Morgan fingerprint density at radius 3 is 2.83 bits per heavy atom. The van der Waals surface area contributed by atoms with E-state index >= 15 is 0 Å². The van der Waals surface area contributed by atoms with Gasteiger partial charge in [0.1, 0.15) is 5.01 Å². The molecule has 0 unspecified atom stereocenters. The Labute approximate surface area is 181 Å². The lowest BCUT2D eigenvalue weighted by Crippen LogP contribution is -2.24. The average molecular weight is 448 g/mol. The monoisotopic (exact) mass is 447 g/mol. The van der Waals surface area contributed by atoms with E-state index in [1.54, 1.807) is 22.8 Å². The van der Waals surface area contributed by atoms with Gasteiger partial charge in [0.2, 0.25) is 11.0 Å². The highest BCUT2D eigenvalue weighted by atomic mass is 32.2. The SMILES string of the molecule is C=CCn1c(CNC(=O)c2ccco2)nnc1SCC(=O)Nc1nnc(C(C)C)s1. The maximum atomic E-state index is 12.2. The van der Waals surface area contributed by atoms with Crippen molar-refractivity contribution in [1.29, 1.82) is 0 Å². The molecule has 10 nitrogen and oxygen atoms in total. The third kappa shape index (κ3) is 5.54. The van der Waals surface area contributed by atoms with Gasteiger partial charge in [-0.05, 0) is 12.1 Å². The van der Waals surface area contributed by atoms with Crippen molar-refractivity contribution in [3.63, 3.8) is 0 Å². The van der Waals surface area contributed by atoms with Crippen LogP contribution in [0, 0.1) is 0 Å². The van der Waals surface area contributed by atoms with Gasteiger partial charge >= 0.3 is 0 Å². The Kier molecular flexibility index (Phi) is 7.36. The first kappa shape index (κ1) is 21.7. The third-order valence-electron chi connectivity index (χ3n) is 3.77. The van der Waals surface area contributed by atoms with Crippen LogP contribution in [-0.2, 0) is 17.9 Å². The number of aromatic nitrogens is 5. The first-order chi connectivity index (χ1) is 14.5. The van der Waals surface area contributed by atoms with Gasteiger partial charge in [0.05, 0.1) is 18.6 Å². The highest BCUT2D eigenvalue weighted by molar-refractivity contribution is 7.99. The number of hydrogen-bond acceptors (Lipinski definition) is 9. The molecule has 0 aliphatic carbocycles. The molecule has 0 fully saturated rings. The predicted molar refractivity (Wildman–Crippen MR) is 113 cm³/mol. The first-order valence-electron chi connectivity index (χ1n) is 9.08. The summed E-state index contributed by atoms with van der Waals surface area (Å²) in [5.74, 6) is 0.584. The largest absolute Gasteiger partial charge is 0.459 e. The number of rotatable bonds is 10. The molecule has 0 aliphatic rings. The summed E-state index contributed by atoms with van der Waals surface area (Å²) in [6.45, 7) is 8.38. The summed E-state index contributed by atoms with van der Waals surface area (Å²) in [5, 5.41) is 23.6. The molecule has 0 saturated heterocycles. The summed E-state index contributed by atoms with van der Waals surface area (Å²) >= 11 is 2.59. The van der Waals surface area contributed by atoms with Gasteiger partial charge in [-0.3, -0.25) is 14.9 Å². The van der Waals surface area contributed by atoms with Gasteiger partial charge in [-0.25, -0.2) is 0 Å². The van der Waals surface area contributed by atoms with Gasteiger partial charge in [-0.1, -0.05) is 43.0 Å². The van der Waals surface area contributed by atoms with Crippen molar-refractivity contribution in [2.45, 2.75) is 38.0 Å². The minimum absolute atomic E-state index is 0.130. The standard InChI is InChI=1S/C18H21N7O3S2/c1-4-7-25-13(9-19-15(27)12-6-5-8-28-12)21-24-18(25)29-10-14(26)20-17-23-22-16(30-17)11(2)3/h4-6,8,11H,1,7,9-10H2,2-3H3,(H,19,27)(H,20,23,26). The summed E-state index contributed by atoms with van der Waals surface area (Å²) in [6, 6.07) is 3.21. The van der Waals surface area contributed by atoms with Crippen LogP contribution in [0.15, 0.2) is 40.6 Å².